The maximum absolute atomic E-state index is 12.9. The first kappa shape index (κ1) is 23.9. The van der Waals surface area contributed by atoms with Crippen molar-refractivity contribution < 1.29 is 14.4 Å². The molecule has 3 aliphatic heterocycles. The summed E-state index contributed by atoms with van der Waals surface area (Å²) in [6.45, 7) is 9.43. The third-order valence-electron chi connectivity index (χ3n) is 6.43. The number of halogens is 1. The fourth-order valence-electron chi connectivity index (χ4n) is 4.55. The van der Waals surface area contributed by atoms with Crippen molar-refractivity contribution in [1.82, 2.24) is 25.3 Å². The molecule has 0 saturated carbocycles. The number of hydrogen-bond acceptors (Lipinski definition) is 5. The first-order valence-electron chi connectivity index (χ1n) is 10.7. The summed E-state index contributed by atoms with van der Waals surface area (Å²) in [5, 5.41) is 6.34. The van der Waals surface area contributed by atoms with Gasteiger partial charge in [-0.1, -0.05) is 0 Å². The Balaban J connectivity index is 0.00000300. The zero-order valence-corrected chi connectivity index (χ0v) is 18.5. The van der Waals surface area contributed by atoms with Crippen LogP contribution in [0.3, 0.4) is 0 Å². The minimum Gasteiger partial charge on any atom is -0.354 e. The van der Waals surface area contributed by atoms with Gasteiger partial charge in [-0.25, -0.2) is 0 Å². The first-order chi connectivity index (χ1) is 13.5. The fraction of sp³-hybridized carbons (Fsp3) is 0.850. The van der Waals surface area contributed by atoms with E-state index in [-0.39, 0.29) is 42.2 Å². The Morgan fingerprint density at radius 1 is 1.03 bits per heavy atom. The summed E-state index contributed by atoms with van der Waals surface area (Å²) in [7, 11) is 0. The van der Waals surface area contributed by atoms with Gasteiger partial charge in [0.05, 0.1) is 12.1 Å². The van der Waals surface area contributed by atoms with Crippen LogP contribution >= 0.6 is 12.4 Å². The molecule has 3 heterocycles. The van der Waals surface area contributed by atoms with Gasteiger partial charge in [0.15, 0.2) is 0 Å². The minimum atomic E-state index is -0.154. The first-order valence-corrected chi connectivity index (χ1v) is 10.7. The highest BCUT2D eigenvalue weighted by Crippen LogP contribution is 2.19. The summed E-state index contributed by atoms with van der Waals surface area (Å²) < 4.78 is 0. The van der Waals surface area contributed by atoms with E-state index in [1.54, 1.807) is 11.8 Å². The van der Waals surface area contributed by atoms with Gasteiger partial charge in [-0.15, -0.1) is 12.4 Å². The van der Waals surface area contributed by atoms with Crippen molar-refractivity contribution in [2.75, 3.05) is 52.4 Å². The smallest absolute Gasteiger partial charge is 0.239 e. The van der Waals surface area contributed by atoms with Crippen LogP contribution in [0, 0.1) is 5.92 Å². The number of rotatable bonds is 5. The third kappa shape index (κ3) is 6.30. The lowest BCUT2D eigenvalue weighted by atomic mass is 9.96. The third-order valence-corrected chi connectivity index (χ3v) is 6.43. The second-order valence-corrected chi connectivity index (χ2v) is 8.40. The van der Waals surface area contributed by atoms with E-state index in [2.05, 4.69) is 15.5 Å². The van der Waals surface area contributed by atoms with E-state index in [4.69, 9.17) is 0 Å². The van der Waals surface area contributed by atoms with Crippen LogP contribution in [-0.2, 0) is 14.4 Å². The van der Waals surface area contributed by atoms with Crippen LogP contribution in [0.15, 0.2) is 0 Å². The zero-order chi connectivity index (χ0) is 20.1. The van der Waals surface area contributed by atoms with Crippen molar-refractivity contribution in [2.45, 2.75) is 51.6 Å². The van der Waals surface area contributed by atoms with Crippen LogP contribution in [0.25, 0.3) is 0 Å². The average molecular weight is 430 g/mol. The molecule has 3 atom stereocenters. The number of hydrogen-bond donors (Lipinski definition) is 2. The summed E-state index contributed by atoms with van der Waals surface area (Å²) in [5.41, 5.74) is 0. The number of nitrogens with one attached hydrogen (secondary N) is 2. The van der Waals surface area contributed by atoms with Gasteiger partial charge in [-0.3, -0.25) is 19.3 Å². The number of nitrogens with zero attached hydrogens (tertiary/aromatic N) is 3. The SMILES string of the molecule is CC(=O)N1CCN(C(=O)C(C)N2CCCC(CNC(=O)C3CCCN3)C2)CC1.Cl. The number of carbonyl (C=O) groups is 3. The molecule has 0 bridgehead atoms. The summed E-state index contributed by atoms with van der Waals surface area (Å²) in [6.07, 6.45) is 4.13. The van der Waals surface area contributed by atoms with Crippen molar-refractivity contribution in [2.24, 2.45) is 5.92 Å². The number of piperidine rings is 1. The van der Waals surface area contributed by atoms with Gasteiger partial charge < -0.3 is 20.4 Å². The monoisotopic (exact) mass is 429 g/mol. The van der Waals surface area contributed by atoms with Crippen LogP contribution in [0.4, 0.5) is 0 Å². The van der Waals surface area contributed by atoms with Crippen LogP contribution in [-0.4, -0.2) is 96.9 Å². The molecule has 8 nitrogen and oxygen atoms in total. The van der Waals surface area contributed by atoms with E-state index in [1.165, 1.54) is 0 Å². The van der Waals surface area contributed by atoms with Crippen molar-refractivity contribution in [3.05, 3.63) is 0 Å². The van der Waals surface area contributed by atoms with Gasteiger partial charge in [-0.2, -0.15) is 0 Å². The standard InChI is InChI=1S/C20H35N5O3.ClH/c1-15(20(28)24-11-9-23(10-12-24)16(2)26)25-8-4-5-17(14-25)13-22-19(27)18-6-3-7-21-18;/h15,17-18,21H,3-14H2,1-2H3,(H,22,27);1H. The molecule has 0 aliphatic carbocycles. The van der Waals surface area contributed by atoms with E-state index in [9.17, 15) is 14.4 Å². The Morgan fingerprint density at radius 3 is 2.34 bits per heavy atom. The summed E-state index contributed by atoms with van der Waals surface area (Å²) in [5.74, 6) is 0.739. The maximum atomic E-state index is 12.9. The molecule has 2 N–H and O–H groups in total. The van der Waals surface area contributed by atoms with Crippen LogP contribution in [0.2, 0.25) is 0 Å². The van der Waals surface area contributed by atoms with Gasteiger partial charge in [0.2, 0.25) is 17.7 Å². The summed E-state index contributed by atoms with van der Waals surface area (Å²) >= 11 is 0. The minimum absolute atomic E-state index is 0. The van der Waals surface area contributed by atoms with E-state index < -0.39 is 0 Å². The molecular weight excluding hydrogens is 394 g/mol. The lowest BCUT2D eigenvalue weighted by Crippen LogP contribution is -2.56. The lowest BCUT2D eigenvalue weighted by molar-refractivity contribution is -0.142. The van der Waals surface area contributed by atoms with Crippen molar-refractivity contribution in [1.29, 1.82) is 0 Å². The quantitative estimate of drug-likeness (QED) is 0.646. The normalized spacial score (nSPS) is 26.6. The second kappa shape index (κ2) is 11.1. The molecular formula is C20H36ClN5O3. The topological polar surface area (TPSA) is 85.0 Å². The predicted molar refractivity (Wildman–Crippen MR) is 114 cm³/mol. The van der Waals surface area contributed by atoms with E-state index in [1.807, 2.05) is 11.8 Å². The Hall–Kier alpha value is -1.38. The molecule has 0 radical (unpaired) electrons. The zero-order valence-electron chi connectivity index (χ0n) is 17.7. The van der Waals surface area contributed by atoms with Crippen LogP contribution < -0.4 is 10.6 Å². The predicted octanol–water partition coefficient (Wildman–Crippen LogP) is 0.0676. The molecule has 29 heavy (non-hydrogen) atoms. The number of piperazine rings is 1. The molecule has 0 aromatic heterocycles. The highest BCUT2D eigenvalue weighted by molar-refractivity contribution is 5.85. The van der Waals surface area contributed by atoms with Gasteiger partial charge in [-0.05, 0) is 51.6 Å². The van der Waals surface area contributed by atoms with Gasteiger partial charge >= 0.3 is 0 Å². The molecule has 3 unspecified atom stereocenters. The Labute approximate surface area is 180 Å². The number of likely N-dealkylation sites (tertiary alicyclic amines) is 1. The van der Waals surface area contributed by atoms with Crippen molar-refractivity contribution in [3.8, 4) is 0 Å². The average Bonchev–Trinajstić information content (AvgIpc) is 3.26. The summed E-state index contributed by atoms with van der Waals surface area (Å²) in [4.78, 5) is 42.6. The molecule has 3 amide bonds. The molecule has 0 aromatic carbocycles. The molecule has 3 saturated heterocycles. The van der Waals surface area contributed by atoms with Crippen LogP contribution in [0.1, 0.15) is 39.5 Å². The lowest BCUT2D eigenvalue weighted by Gasteiger charge is -2.40. The molecule has 3 fully saturated rings. The van der Waals surface area contributed by atoms with E-state index >= 15 is 0 Å². The van der Waals surface area contributed by atoms with E-state index in [0.717, 1.165) is 45.3 Å². The van der Waals surface area contributed by atoms with Crippen LogP contribution in [0.5, 0.6) is 0 Å². The molecule has 0 spiro atoms. The van der Waals surface area contributed by atoms with Gasteiger partial charge in [0.25, 0.3) is 0 Å². The molecule has 166 valence electrons. The van der Waals surface area contributed by atoms with Crippen molar-refractivity contribution in [3.63, 3.8) is 0 Å². The number of carbonyl (C=O) groups excluding carboxylic acids is 3. The Morgan fingerprint density at radius 2 is 1.72 bits per heavy atom. The highest BCUT2D eigenvalue weighted by Gasteiger charge is 2.32. The molecule has 3 rings (SSSR count). The fourth-order valence-corrected chi connectivity index (χ4v) is 4.55. The number of amides is 3. The van der Waals surface area contributed by atoms with Crippen molar-refractivity contribution >= 4 is 30.1 Å². The molecule has 9 heteroatoms. The largest absolute Gasteiger partial charge is 0.354 e. The summed E-state index contributed by atoms with van der Waals surface area (Å²) in [6, 6.07) is -0.187. The Kier molecular flexibility index (Phi) is 9.17. The second-order valence-electron chi connectivity index (χ2n) is 8.40. The van der Waals surface area contributed by atoms with Gasteiger partial charge in [0, 0.05) is 46.2 Å². The maximum Gasteiger partial charge on any atom is 0.239 e. The Bertz CT molecular complexity index is 576. The highest BCUT2D eigenvalue weighted by atomic mass is 35.5. The van der Waals surface area contributed by atoms with E-state index in [0.29, 0.717) is 38.6 Å². The van der Waals surface area contributed by atoms with Gasteiger partial charge in [0.1, 0.15) is 0 Å². The molecule has 0 aromatic rings. The molecule has 3 aliphatic rings.